The predicted molar refractivity (Wildman–Crippen MR) is 66.9 cm³/mol. The van der Waals surface area contributed by atoms with Crippen molar-refractivity contribution >= 4 is 17.7 Å². The molecule has 1 amide bonds. The summed E-state index contributed by atoms with van der Waals surface area (Å²) in [5, 5.41) is 2.67. The van der Waals surface area contributed by atoms with Crippen molar-refractivity contribution < 1.29 is 9.53 Å². The number of hydrogen-bond acceptors (Lipinski definition) is 3. The summed E-state index contributed by atoms with van der Waals surface area (Å²) in [4.78, 5) is 15.6. The Morgan fingerprint density at radius 2 is 2.24 bits per heavy atom. The molecule has 1 N–H and O–H groups in total. The van der Waals surface area contributed by atoms with Gasteiger partial charge in [-0.1, -0.05) is 6.07 Å². The number of nitrogens with one attached hydrogen (secondary N) is 1. The van der Waals surface area contributed by atoms with Crippen LogP contribution in [0.3, 0.4) is 0 Å². The van der Waals surface area contributed by atoms with Crippen molar-refractivity contribution in [3.05, 3.63) is 29.6 Å². The summed E-state index contributed by atoms with van der Waals surface area (Å²) >= 11 is 5.75. The minimum absolute atomic E-state index is 0.326. The number of pyridine rings is 1. The molecule has 0 radical (unpaired) electrons. The van der Waals surface area contributed by atoms with Crippen LogP contribution in [0, 0.1) is 0 Å². The molecule has 0 aliphatic rings. The Bertz CT molecular complexity index is 388. The van der Waals surface area contributed by atoms with Crippen molar-refractivity contribution in [1.82, 2.24) is 10.3 Å². The number of aromatic nitrogens is 1. The van der Waals surface area contributed by atoms with Crippen LogP contribution in [-0.4, -0.2) is 16.7 Å². The minimum atomic E-state index is -0.492. The number of rotatable bonds is 3. The van der Waals surface area contributed by atoms with Crippen molar-refractivity contribution in [1.29, 1.82) is 0 Å². The fourth-order valence-electron chi connectivity index (χ4n) is 1.23. The average molecular weight is 257 g/mol. The fraction of sp³-hybridized carbons (Fsp3) is 0.500. The zero-order chi connectivity index (χ0) is 12.9. The van der Waals surface area contributed by atoms with Gasteiger partial charge in [0.25, 0.3) is 0 Å². The van der Waals surface area contributed by atoms with E-state index in [0.29, 0.717) is 12.4 Å². The van der Waals surface area contributed by atoms with Gasteiger partial charge >= 0.3 is 6.09 Å². The molecule has 0 atom stereocenters. The number of alkyl halides is 1. The number of carbonyl (C=O) groups excluding carboxylic acids is 1. The molecule has 0 saturated carbocycles. The first-order valence-corrected chi connectivity index (χ1v) is 5.91. The Labute approximate surface area is 106 Å². The molecule has 1 rings (SSSR count). The number of carbonyl (C=O) groups is 1. The number of ether oxygens (including phenoxy) is 1. The maximum absolute atomic E-state index is 11.4. The van der Waals surface area contributed by atoms with Crippen LogP contribution >= 0.6 is 11.6 Å². The van der Waals surface area contributed by atoms with Gasteiger partial charge in [0.05, 0.1) is 11.6 Å². The molecule has 0 aromatic carbocycles. The van der Waals surface area contributed by atoms with Gasteiger partial charge < -0.3 is 10.1 Å². The highest BCUT2D eigenvalue weighted by molar-refractivity contribution is 6.17. The van der Waals surface area contributed by atoms with Crippen LogP contribution in [0.5, 0.6) is 0 Å². The van der Waals surface area contributed by atoms with Gasteiger partial charge in [0, 0.05) is 12.7 Å². The third-order valence-electron chi connectivity index (χ3n) is 1.93. The van der Waals surface area contributed by atoms with Crippen LogP contribution in [0.1, 0.15) is 32.0 Å². The SMILES string of the molecule is CC(C)(C)OC(=O)NCc1cccnc1CCl. The maximum atomic E-state index is 11.4. The van der Waals surface area contributed by atoms with Gasteiger partial charge in [0.1, 0.15) is 5.60 Å². The molecule has 0 fully saturated rings. The van der Waals surface area contributed by atoms with Crippen molar-refractivity contribution in [3.8, 4) is 0 Å². The van der Waals surface area contributed by atoms with E-state index in [1.807, 2.05) is 32.9 Å². The van der Waals surface area contributed by atoms with Crippen LogP contribution in [0.25, 0.3) is 0 Å². The number of nitrogens with zero attached hydrogens (tertiary/aromatic N) is 1. The van der Waals surface area contributed by atoms with E-state index in [0.717, 1.165) is 11.3 Å². The van der Waals surface area contributed by atoms with E-state index in [-0.39, 0.29) is 0 Å². The Morgan fingerprint density at radius 1 is 1.53 bits per heavy atom. The molecular weight excluding hydrogens is 240 g/mol. The van der Waals surface area contributed by atoms with Gasteiger partial charge in [-0.3, -0.25) is 4.98 Å². The highest BCUT2D eigenvalue weighted by Gasteiger charge is 2.16. The van der Waals surface area contributed by atoms with E-state index < -0.39 is 11.7 Å². The van der Waals surface area contributed by atoms with Crippen LogP contribution < -0.4 is 5.32 Å². The monoisotopic (exact) mass is 256 g/mol. The van der Waals surface area contributed by atoms with Crippen LogP contribution in [-0.2, 0) is 17.2 Å². The second kappa shape index (κ2) is 5.87. The summed E-state index contributed by atoms with van der Waals surface area (Å²) < 4.78 is 5.13. The smallest absolute Gasteiger partial charge is 0.407 e. The van der Waals surface area contributed by atoms with Crippen molar-refractivity contribution in [2.75, 3.05) is 0 Å². The molecule has 0 spiro atoms. The lowest BCUT2D eigenvalue weighted by Gasteiger charge is -2.19. The Hall–Kier alpha value is -1.29. The normalized spacial score (nSPS) is 11.1. The molecule has 17 heavy (non-hydrogen) atoms. The molecular formula is C12H17ClN2O2. The lowest BCUT2D eigenvalue weighted by Crippen LogP contribution is -2.32. The summed E-state index contributed by atoms with van der Waals surface area (Å²) in [5.41, 5.74) is 1.17. The molecule has 1 aromatic heterocycles. The van der Waals surface area contributed by atoms with Gasteiger partial charge in [-0.2, -0.15) is 0 Å². The largest absolute Gasteiger partial charge is 0.444 e. The van der Waals surface area contributed by atoms with Crippen molar-refractivity contribution in [3.63, 3.8) is 0 Å². The van der Waals surface area contributed by atoms with Gasteiger partial charge in [0.2, 0.25) is 0 Å². The summed E-state index contributed by atoms with van der Waals surface area (Å²) in [6.45, 7) is 5.83. The summed E-state index contributed by atoms with van der Waals surface area (Å²) in [6, 6.07) is 3.68. The second-order valence-corrected chi connectivity index (χ2v) is 4.87. The van der Waals surface area contributed by atoms with Crippen LogP contribution in [0.15, 0.2) is 18.3 Å². The lowest BCUT2D eigenvalue weighted by atomic mass is 10.2. The van der Waals surface area contributed by atoms with Crippen LogP contribution in [0.2, 0.25) is 0 Å². The van der Waals surface area contributed by atoms with Crippen molar-refractivity contribution in [2.45, 2.75) is 38.8 Å². The number of alkyl carbamates (subject to hydrolysis) is 1. The molecule has 0 aliphatic carbocycles. The molecule has 5 heteroatoms. The maximum Gasteiger partial charge on any atom is 0.407 e. The minimum Gasteiger partial charge on any atom is -0.444 e. The van der Waals surface area contributed by atoms with E-state index >= 15 is 0 Å². The molecule has 1 heterocycles. The van der Waals surface area contributed by atoms with Gasteiger partial charge in [-0.25, -0.2) is 4.79 Å². The van der Waals surface area contributed by atoms with E-state index in [2.05, 4.69) is 10.3 Å². The topological polar surface area (TPSA) is 51.2 Å². The average Bonchev–Trinajstić information content (AvgIpc) is 2.24. The highest BCUT2D eigenvalue weighted by atomic mass is 35.5. The summed E-state index contributed by atoms with van der Waals surface area (Å²) in [5.74, 6) is 0.326. The third kappa shape index (κ3) is 5.04. The van der Waals surface area contributed by atoms with Gasteiger partial charge in [-0.05, 0) is 32.4 Å². The molecule has 0 saturated heterocycles. The number of amides is 1. The van der Waals surface area contributed by atoms with Crippen LogP contribution in [0.4, 0.5) is 4.79 Å². The first-order chi connectivity index (χ1) is 7.92. The summed E-state index contributed by atoms with van der Waals surface area (Å²) in [7, 11) is 0. The molecule has 4 nitrogen and oxygen atoms in total. The standard InChI is InChI=1S/C12H17ClN2O2/c1-12(2,3)17-11(16)15-8-9-5-4-6-14-10(9)7-13/h4-6H,7-8H2,1-3H3,(H,15,16). The first kappa shape index (κ1) is 13.8. The molecule has 1 aromatic rings. The predicted octanol–water partition coefficient (Wildman–Crippen LogP) is 2.85. The number of halogens is 1. The first-order valence-electron chi connectivity index (χ1n) is 5.38. The van der Waals surface area contributed by atoms with Crippen molar-refractivity contribution in [2.24, 2.45) is 0 Å². The Balaban J connectivity index is 2.53. The Kier molecular flexibility index (Phi) is 4.75. The van der Waals surface area contributed by atoms with Gasteiger partial charge in [-0.15, -0.1) is 11.6 Å². The zero-order valence-electron chi connectivity index (χ0n) is 10.3. The molecule has 0 aliphatic heterocycles. The van der Waals surface area contributed by atoms with E-state index in [4.69, 9.17) is 16.3 Å². The molecule has 94 valence electrons. The fourth-order valence-corrected chi connectivity index (χ4v) is 1.47. The Morgan fingerprint density at radius 3 is 2.82 bits per heavy atom. The lowest BCUT2D eigenvalue weighted by molar-refractivity contribution is 0.0523. The molecule has 0 bridgehead atoms. The highest BCUT2D eigenvalue weighted by Crippen LogP contribution is 2.09. The second-order valence-electron chi connectivity index (χ2n) is 4.60. The number of hydrogen-bond donors (Lipinski definition) is 1. The van der Waals surface area contributed by atoms with E-state index in [9.17, 15) is 4.79 Å². The van der Waals surface area contributed by atoms with E-state index in [1.54, 1.807) is 6.20 Å². The zero-order valence-corrected chi connectivity index (χ0v) is 11.0. The summed E-state index contributed by atoms with van der Waals surface area (Å²) in [6.07, 6.45) is 1.23. The third-order valence-corrected chi connectivity index (χ3v) is 2.19. The quantitative estimate of drug-likeness (QED) is 0.846. The van der Waals surface area contributed by atoms with E-state index in [1.165, 1.54) is 0 Å². The molecule has 0 unspecified atom stereocenters. The van der Waals surface area contributed by atoms with Gasteiger partial charge in [0.15, 0.2) is 0 Å².